The van der Waals surface area contributed by atoms with Gasteiger partial charge >= 0.3 is 0 Å². The highest BCUT2D eigenvalue weighted by atomic mass is 79.9. The van der Waals surface area contributed by atoms with Crippen molar-refractivity contribution in [2.75, 3.05) is 13.2 Å². The summed E-state index contributed by atoms with van der Waals surface area (Å²) in [6, 6.07) is 13.9. The fraction of sp³-hybridized carbons (Fsp3) is 0.375. The highest BCUT2D eigenvalue weighted by molar-refractivity contribution is 9.10. The van der Waals surface area contributed by atoms with E-state index >= 15 is 0 Å². The lowest BCUT2D eigenvalue weighted by Crippen LogP contribution is -2.39. The maximum absolute atomic E-state index is 13.1. The van der Waals surface area contributed by atoms with E-state index in [0.29, 0.717) is 19.4 Å². The summed E-state index contributed by atoms with van der Waals surface area (Å²) in [6.07, 6.45) is 2.55. The molecule has 0 radical (unpaired) electrons. The van der Waals surface area contributed by atoms with E-state index in [2.05, 4.69) is 21.2 Å². The minimum atomic E-state index is -0.596. The zero-order chi connectivity index (χ0) is 22.2. The molecule has 1 aliphatic rings. The van der Waals surface area contributed by atoms with Crippen molar-refractivity contribution in [1.29, 1.82) is 0 Å². The van der Waals surface area contributed by atoms with Crippen LogP contribution in [0.5, 0.6) is 0 Å². The molecule has 0 spiro atoms. The van der Waals surface area contributed by atoms with Gasteiger partial charge < -0.3 is 19.9 Å². The van der Waals surface area contributed by atoms with Crippen LogP contribution in [0.15, 0.2) is 64.8 Å². The monoisotopic (exact) mass is 491 g/mol. The van der Waals surface area contributed by atoms with Crippen molar-refractivity contribution in [3.05, 3.63) is 81.8 Å². The van der Waals surface area contributed by atoms with E-state index < -0.39 is 6.29 Å². The Hall–Kier alpha value is -2.22. The first-order valence-corrected chi connectivity index (χ1v) is 11.2. The summed E-state index contributed by atoms with van der Waals surface area (Å²) in [6.45, 7) is 2.67. The minimum absolute atomic E-state index is 0.0399. The molecule has 2 aromatic rings. The molecule has 2 aromatic carbocycles. The summed E-state index contributed by atoms with van der Waals surface area (Å²) < 4.78 is 25.9. The number of carbonyl (C=O) groups excluding carboxylic acids is 1. The van der Waals surface area contributed by atoms with Gasteiger partial charge in [-0.15, -0.1) is 0 Å². The average molecular weight is 492 g/mol. The lowest BCUT2D eigenvalue weighted by molar-refractivity contribution is -0.166. The van der Waals surface area contributed by atoms with E-state index in [-0.39, 0.29) is 42.5 Å². The molecular weight excluding hydrogens is 465 g/mol. The SMILES string of the molecule is CCO[C@H]1OC(C(=O)NCc2ccc(F)cc2)=C[C@@H](c2ccc(Br)cc2)[C@H]1CCCO. The van der Waals surface area contributed by atoms with Gasteiger partial charge in [0, 0.05) is 36.1 Å². The molecule has 0 unspecified atom stereocenters. The molecule has 0 bridgehead atoms. The summed E-state index contributed by atoms with van der Waals surface area (Å²) in [5.74, 6) is -0.608. The minimum Gasteiger partial charge on any atom is -0.459 e. The summed E-state index contributed by atoms with van der Waals surface area (Å²) in [5, 5.41) is 12.2. The summed E-state index contributed by atoms with van der Waals surface area (Å²) in [7, 11) is 0. The normalized spacial score (nSPS) is 20.6. The van der Waals surface area contributed by atoms with Crippen LogP contribution < -0.4 is 5.32 Å². The smallest absolute Gasteiger partial charge is 0.286 e. The molecular formula is C24H27BrFNO4. The van der Waals surface area contributed by atoms with Gasteiger partial charge in [0.05, 0.1) is 0 Å². The Bertz CT molecular complexity index is 885. The molecule has 1 aliphatic heterocycles. The Morgan fingerprint density at radius 1 is 1.19 bits per heavy atom. The van der Waals surface area contributed by atoms with Crippen LogP contribution in [-0.4, -0.2) is 30.5 Å². The maximum Gasteiger partial charge on any atom is 0.286 e. The number of ether oxygens (including phenoxy) is 2. The maximum atomic E-state index is 13.1. The van der Waals surface area contributed by atoms with Crippen molar-refractivity contribution in [2.24, 2.45) is 5.92 Å². The van der Waals surface area contributed by atoms with E-state index in [4.69, 9.17) is 9.47 Å². The Labute approximate surface area is 190 Å². The number of benzene rings is 2. The van der Waals surface area contributed by atoms with Gasteiger partial charge in [0.1, 0.15) is 5.82 Å². The van der Waals surface area contributed by atoms with Crippen LogP contribution in [0.25, 0.3) is 0 Å². The molecule has 7 heteroatoms. The van der Waals surface area contributed by atoms with Crippen LogP contribution in [0.4, 0.5) is 4.39 Å². The average Bonchev–Trinajstić information content (AvgIpc) is 2.78. The van der Waals surface area contributed by atoms with Crippen LogP contribution in [0.1, 0.15) is 36.8 Å². The number of aliphatic hydroxyl groups excluding tert-OH is 1. The summed E-state index contributed by atoms with van der Waals surface area (Å²) in [4.78, 5) is 12.9. The molecule has 31 heavy (non-hydrogen) atoms. The third-order valence-electron chi connectivity index (χ3n) is 5.26. The van der Waals surface area contributed by atoms with Gasteiger partial charge in [-0.05, 0) is 61.2 Å². The van der Waals surface area contributed by atoms with E-state index in [0.717, 1.165) is 15.6 Å². The fourth-order valence-electron chi connectivity index (χ4n) is 3.70. The first-order valence-electron chi connectivity index (χ1n) is 10.4. The number of aliphatic hydroxyl groups is 1. The number of hydrogen-bond donors (Lipinski definition) is 2. The van der Waals surface area contributed by atoms with Crippen molar-refractivity contribution in [3.8, 4) is 0 Å². The topological polar surface area (TPSA) is 67.8 Å². The fourth-order valence-corrected chi connectivity index (χ4v) is 3.97. The van der Waals surface area contributed by atoms with Gasteiger partial charge in [0.25, 0.3) is 5.91 Å². The predicted octanol–water partition coefficient (Wildman–Crippen LogP) is 4.65. The van der Waals surface area contributed by atoms with Crippen LogP contribution in [0.3, 0.4) is 0 Å². The number of allylic oxidation sites excluding steroid dienone is 1. The highest BCUT2D eigenvalue weighted by Crippen LogP contribution is 2.39. The molecule has 3 atom stereocenters. The largest absolute Gasteiger partial charge is 0.459 e. The lowest BCUT2D eigenvalue weighted by atomic mass is 9.80. The van der Waals surface area contributed by atoms with E-state index in [1.54, 1.807) is 12.1 Å². The Balaban J connectivity index is 1.83. The molecule has 3 rings (SSSR count). The van der Waals surface area contributed by atoms with Gasteiger partial charge in [-0.3, -0.25) is 4.79 Å². The van der Waals surface area contributed by atoms with Gasteiger partial charge in [0.15, 0.2) is 5.76 Å². The Kier molecular flexibility index (Phi) is 8.63. The number of halogens is 2. The van der Waals surface area contributed by atoms with Crippen LogP contribution in [-0.2, 0) is 20.8 Å². The molecule has 0 saturated carbocycles. The molecule has 2 N–H and O–H groups in total. The van der Waals surface area contributed by atoms with Crippen LogP contribution in [0.2, 0.25) is 0 Å². The first kappa shape index (κ1) is 23.4. The number of nitrogens with one attached hydrogen (secondary N) is 1. The summed E-state index contributed by atoms with van der Waals surface area (Å²) in [5.41, 5.74) is 1.83. The standard InChI is InChI=1S/C24H27BrFNO4/c1-2-30-24-20(4-3-13-28)21(17-7-9-18(25)10-8-17)14-22(31-24)23(29)27-15-16-5-11-19(26)12-6-16/h5-12,14,20-21,24,28H,2-4,13,15H2,1H3,(H,27,29)/t20-,21+,24+/m1/s1. The van der Waals surface area contributed by atoms with Gasteiger partial charge in [-0.2, -0.15) is 0 Å². The zero-order valence-corrected chi connectivity index (χ0v) is 19.0. The number of hydrogen-bond acceptors (Lipinski definition) is 4. The lowest BCUT2D eigenvalue weighted by Gasteiger charge is -2.37. The van der Waals surface area contributed by atoms with Crippen molar-refractivity contribution in [1.82, 2.24) is 5.32 Å². The number of amides is 1. The van der Waals surface area contributed by atoms with Crippen LogP contribution in [0, 0.1) is 11.7 Å². The predicted molar refractivity (Wildman–Crippen MR) is 120 cm³/mol. The molecule has 5 nitrogen and oxygen atoms in total. The van der Waals surface area contributed by atoms with Gasteiger partial charge in [0.2, 0.25) is 6.29 Å². The second kappa shape index (κ2) is 11.4. The van der Waals surface area contributed by atoms with Crippen molar-refractivity contribution < 1.29 is 23.8 Å². The quantitative estimate of drug-likeness (QED) is 0.535. The van der Waals surface area contributed by atoms with Gasteiger partial charge in [-0.1, -0.05) is 40.2 Å². The van der Waals surface area contributed by atoms with E-state index in [1.165, 1.54) is 12.1 Å². The molecule has 0 aliphatic carbocycles. The Morgan fingerprint density at radius 2 is 1.90 bits per heavy atom. The molecule has 166 valence electrons. The van der Waals surface area contributed by atoms with Crippen molar-refractivity contribution in [2.45, 2.75) is 38.5 Å². The van der Waals surface area contributed by atoms with Gasteiger partial charge in [-0.25, -0.2) is 4.39 Å². The number of rotatable bonds is 9. The second-order valence-electron chi connectivity index (χ2n) is 7.39. The number of carbonyl (C=O) groups is 1. The molecule has 0 aromatic heterocycles. The molecule has 1 heterocycles. The third-order valence-corrected chi connectivity index (χ3v) is 5.79. The molecule has 0 saturated heterocycles. The summed E-state index contributed by atoms with van der Waals surface area (Å²) >= 11 is 3.46. The van der Waals surface area contributed by atoms with Crippen molar-refractivity contribution >= 4 is 21.8 Å². The Morgan fingerprint density at radius 3 is 2.55 bits per heavy atom. The van der Waals surface area contributed by atoms with E-state index in [1.807, 2.05) is 37.3 Å². The first-order chi connectivity index (χ1) is 15.0. The zero-order valence-electron chi connectivity index (χ0n) is 17.4. The highest BCUT2D eigenvalue weighted by Gasteiger charge is 2.37. The molecule has 1 amide bonds. The second-order valence-corrected chi connectivity index (χ2v) is 8.30. The van der Waals surface area contributed by atoms with Crippen LogP contribution >= 0.6 is 15.9 Å². The van der Waals surface area contributed by atoms with E-state index in [9.17, 15) is 14.3 Å². The third kappa shape index (κ3) is 6.38. The van der Waals surface area contributed by atoms with Crippen molar-refractivity contribution in [3.63, 3.8) is 0 Å². The molecule has 0 fully saturated rings.